The predicted octanol–water partition coefficient (Wildman–Crippen LogP) is 4.68. The molecule has 1 aliphatic rings. The number of hydrogen-bond donors (Lipinski definition) is 1. The van der Waals surface area contributed by atoms with Crippen molar-refractivity contribution in [2.24, 2.45) is 5.92 Å². The Morgan fingerprint density at radius 2 is 2.00 bits per heavy atom. The van der Waals surface area contributed by atoms with E-state index in [1.165, 1.54) is 19.1 Å². The van der Waals surface area contributed by atoms with Crippen LogP contribution >= 0.6 is 0 Å². The number of amides is 1. The van der Waals surface area contributed by atoms with Gasteiger partial charge in [-0.2, -0.15) is 0 Å². The van der Waals surface area contributed by atoms with Crippen LogP contribution in [-0.2, 0) is 0 Å². The fraction of sp³-hybridized carbons (Fsp3) is 0.450. The number of ether oxygens (including phenoxy) is 1. The highest BCUT2D eigenvalue weighted by Crippen LogP contribution is 2.38. The second-order valence-electron chi connectivity index (χ2n) is 7.24. The van der Waals surface area contributed by atoms with E-state index in [0.29, 0.717) is 28.8 Å². The standard InChI is InChI=1S/C20H23N3O4/c1-11-4-6-13(7-5-11)20-23-15-8-17(25-3)14(9-18(15)27-20)22-19(24)16-10-26-12(2)21-16/h8-11,13H,4-7H2,1-3H3,(H,22,24)/t11-,13-. The summed E-state index contributed by atoms with van der Waals surface area (Å²) in [7, 11) is 1.56. The van der Waals surface area contributed by atoms with Crippen LogP contribution in [0.5, 0.6) is 5.75 Å². The van der Waals surface area contributed by atoms with Crippen LogP contribution < -0.4 is 10.1 Å². The molecule has 4 rings (SSSR count). The molecule has 2 aromatic heterocycles. The molecule has 7 nitrogen and oxygen atoms in total. The number of nitrogens with zero attached hydrogens (tertiary/aromatic N) is 2. The maximum Gasteiger partial charge on any atom is 0.277 e. The number of carbonyl (C=O) groups is 1. The molecule has 27 heavy (non-hydrogen) atoms. The van der Waals surface area contributed by atoms with Gasteiger partial charge in [0, 0.05) is 25.0 Å². The Hall–Kier alpha value is -2.83. The highest BCUT2D eigenvalue weighted by molar-refractivity contribution is 6.04. The first-order valence-corrected chi connectivity index (χ1v) is 9.25. The van der Waals surface area contributed by atoms with Crippen molar-refractivity contribution < 1.29 is 18.4 Å². The summed E-state index contributed by atoms with van der Waals surface area (Å²) in [5.74, 6) is 2.49. The van der Waals surface area contributed by atoms with Gasteiger partial charge >= 0.3 is 0 Å². The quantitative estimate of drug-likeness (QED) is 0.718. The molecule has 0 unspecified atom stereocenters. The molecule has 0 bridgehead atoms. The van der Waals surface area contributed by atoms with Crippen LogP contribution in [0.4, 0.5) is 5.69 Å². The van der Waals surface area contributed by atoms with Crippen molar-refractivity contribution >= 4 is 22.7 Å². The minimum absolute atomic E-state index is 0.212. The van der Waals surface area contributed by atoms with Crippen molar-refractivity contribution in [3.8, 4) is 5.75 Å². The first kappa shape index (κ1) is 17.6. The highest BCUT2D eigenvalue weighted by atomic mass is 16.5. The summed E-state index contributed by atoms with van der Waals surface area (Å²) in [5.41, 5.74) is 2.09. The summed E-state index contributed by atoms with van der Waals surface area (Å²) in [4.78, 5) is 21.1. The number of anilines is 1. The van der Waals surface area contributed by atoms with E-state index in [4.69, 9.17) is 13.6 Å². The summed E-state index contributed by atoms with van der Waals surface area (Å²) in [6.45, 7) is 3.98. The van der Waals surface area contributed by atoms with Crippen LogP contribution in [-0.4, -0.2) is 23.0 Å². The molecule has 0 atom stereocenters. The molecule has 1 fully saturated rings. The van der Waals surface area contributed by atoms with Crippen LogP contribution in [0.15, 0.2) is 27.2 Å². The van der Waals surface area contributed by atoms with Gasteiger partial charge in [-0.1, -0.05) is 6.92 Å². The maximum absolute atomic E-state index is 12.4. The second kappa shape index (κ2) is 7.06. The molecule has 3 aromatic rings. The Balaban J connectivity index is 1.62. The number of aromatic nitrogens is 2. The number of oxazole rings is 2. The Bertz CT molecular complexity index is 967. The van der Waals surface area contributed by atoms with Crippen molar-refractivity contribution in [3.05, 3.63) is 35.9 Å². The fourth-order valence-electron chi connectivity index (χ4n) is 3.57. The molecular weight excluding hydrogens is 346 g/mol. The molecule has 7 heteroatoms. The number of rotatable bonds is 4. The van der Waals surface area contributed by atoms with Gasteiger partial charge in [0.1, 0.15) is 17.5 Å². The maximum atomic E-state index is 12.4. The van der Waals surface area contributed by atoms with E-state index in [-0.39, 0.29) is 11.6 Å². The molecule has 1 saturated carbocycles. The topological polar surface area (TPSA) is 90.4 Å². The smallest absolute Gasteiger partial charge is 0.277 e. The lowest BCUT2D eigenvalue weighted by molar-refractivity contribution is 0.102. The van der Waals surface area contributed by atoms with E-state index >= 15 is 0 Å². The summed E-state index contributed by atoms with van der Waals surface area (Å²) in [6, 6.07) is 3.54. The van der Waals surface area contributed by atoms with E-state index < -0.39 is 0 Å². The lowest BCUT2D eigenvalue weighted by atomic mass is 9.83. The molecule has 1 aromatic carbocycles. The molecule has 0 saturated heterocycles. The third-order valence-electron chi connectivity index (χ3n) is 5.19. The average Bonchev–Trinajstić information content (AvgIpc) is 3.27. The minimum Gasteiger partial charge on any atom is -0.494 e. The first-order chi connectivity index (χ1) is 13.0. The summed E-state index contributed by atoms with van der Waals surface area (Å²) >= 11 is 0. The number of aryl methyl sites for hydroxylation is 1. The third kappa shape index (κ3) is 3.54. The number of nitrogens with one attached hydrogen (secondary N) is 1. The Morgan fingerprint density at radius 1 is 1.22 bits per heavy atom. The predicted molar refractivity (Wildman–Crippen MR) is 100 cm³/mol. The number of fused-ring (bicyclic) bond motifs is 1. The van der Waals surface area contributed by atoms with Crippen LogP contribution in [0.25, 0.3) is 11.1 Å². The highest BCUT2D eigenvalue weighted by Gasteiger charge is 2.25. The van der Waals surface area contributed by atoms with Crippen molar-refractivity contribution in [2.45, 2.75) is 45.4 Å². The number of methoxy groups -OCH3 is 1. The third-order valence-corrected chi connectivity index (χ3v) is 5.19. The van der Waals surface area contributed by atoms with E-state index in [2.05, 4.69) is 22.2 Å². The summed E-state index contributed by atoms with van der Waals surface area (Å²) in [6.07, 6.45) is 5.92. The zero-order valence-corrected chi connectivity index (χ0v) is 15.7. The number of carbonyl (C=O) groups excluding carboxylic acids is 1. The van der Waals surface area contributed by atoms with Gasteiger partial charge in [0.05, 0.1) is 12.8 Å². The molecule has 1 aliphatic carbocycles. The number of benzene rings is 1. The van der Waals surface area contributed by atoms with E-state index in [1.54, 1.807) is 26.2 Å². The van der Waals surface area contributed by atoms with E-state index in [1.807, 2.05) is 0 Å². The molecule has 0 aliphatic heterocycles. The molecule has 0 radical (unpaired) electrons. The zero-order valence-electron chi connectivity index (χ0n) is 15.7. The lowest BCUT2D eigenvalue weighted by Gasteiger charge is -2.23. The number of hydrogen-bond acceptors (Lipinski definition) is 6. The van der Waals surface area contributed by atoms with Crippen LogP contribution in [0.1, 0.15) is 60.8 Å². The van der Waals surface area contributed by atoms with Gasteiger partial charge in [-0.25, -0.2) is 9.97 Å². The van der Waals surface area contributed by atoms with Crippen molar-refractivity contribution in [1.29, 1.82) is 0 Å². The summed E-state index contributed by atoms with van der Waals surface area (Å²) in [5, 5.41) is 2.80. The molecule has 2 heterocycles. The summed E-state index contributed by atoms with van der Waals surface area (Å²) < 4.78 is 16.5. The molecular formula is C20H23N3O4. The SMILES string of the molecule is COc1cc2nc([C@H]3CC[C@H](C)CC3)oc2cc1NC(=O)c1coc(C)n1. The lowest BCUT2D eigenvalue weighted by Crippen LogP contribution is -2.13. The second-order valence-corrected chi connectivity index (χ2v) is 7.24. The largest absolute Gasteiger partial charge is 0.494 e. The normalized spacial score (nSPS) is 20.0. The van der Waals surface area contributed by atoms with Crippen molar-refractivity contribution in [1.82, 2.24) is 9.97 Å². The van der Waals surface area contributed by atoms with Crippen LogP contribution in [0.2, 0.25) is 0 Å². The van der Waals surface area contributed by atoms with Crippen LogP contribution in [0.3, 0.4) is 0 Å². The van der Waals surface area contributed by atoms with Gasteiger partial charge in [0.15, 0.2) is 23.1 Å². The van der Waals surface area contributed by atoms with Crippen LogP contribution in [0, 0.1) is 12.8 Å². The van der Waals surface area contributed by atoms with Gasteiger partial charge in [0.25, 0.3) is 5.91 Å². The fourth-order valence-corrected chi connectivity index (χ4v) is 3.57. The molecule has 1 amide bonds. The Labute approximate surface area is 157 Å². The molecule has 1 N–H and O–H groups in total. The van der Waals surface area contributed by atoms with E-state index in [0.717, 1.165) is 30.2 Å². The average molecular weight is 369 g/mol. The Kier molecular flexibility index (Phi) is 4.59. The van der Waals surface area contributed by atoms with Crippen molar-refractivity contribution in [2.75, 3.05) is 12.4 Å². The van der Waals surface area contributed by atoms with Gasteiger partial charge in [0.2, 0.25) is 0 Å². The van der Waals surface area contributed by atoms with Crippen molar-refractivity contribution in [3.63, 3.8) is 0 Å². The first-order valence-electron chi connectivity index (χ1n) is 9.25. The molecule has 0 spiro atoms. The van der Waals surface area contributed by atoms with Gasteiger partial charge in [-0.05, 0) is 31.6 Å². The monoisotopic (exact) mass is 369 g/mol. The van der Waals surface area contributed by atoms with Gasteiger partial charge < -0.3 is 18.9 Å². The minimum atomic E-state index is -0.370. The van der Waals surface area contributed by atoms with Gasteiger partial charge in [-0.15, -0.1) is 0 Å². The Morgan fingerprint density at radius 3 is 2.67 bits per heavy atom. The zero-order chi connectivity index (χ0) is 19.0. The molecule has 142 valence electrons. The van der Waals surface area contributed by atoms with E-state index in [9.17, 15) is 4.79 Å². The van der Waals surface area contributed by atoms with Gasteiger partial charge in [-0.3, -0.25) is 4.79 Å².